The number of anilines is 1. The molecule has 0 heterocycles. The van der Waals surface area contributed by atoms with Gasteiger partial charge in [0.05, 0.1) is 16.1 Å². The third kappa shape index (κ3) is 4.43. The minimum absolute atomic E-state index is 0.00196. The molecule has 0 aliphatic heterocycles. The summed E-state index contributed by atoms with van der Waals surface area (Å²) in [6.45, 7) is 0. The van der Waals surface area contributed by atoms with Gasteiger partial charge in [0.2, 0.25) is 0 Å². The number of amides is 1. The maximum Gasteiger partial charge on any atom is 0.276 e. The molecule has 3 rings (SSSR count). The lowest BCUT2D eigenvalue weighted by Crippen LogP contribution is -2.22. The van der Waals surface area contributed by atoms with E-state index in [1.165, 1.54) is 41.9 Å². The number of hydrogen-bond acceptors (Lipinski definition) is 5. The third-order valence-corrected chi connectivity index (χ3v) is 5.01. The van der Waals surface area contributed by atoms with Crippen molar-refractivity contribution in [1.82, 2.24) is 5.48 Å². The molecule has 0 aromatic heterocycles. The molecule has 27 heavy (non-hydrogen) atoms. The largest absolute Gasteiger partial charge is 0.457 e. The fourth-order valence-electron chi connectivity index (χ4n) is 2.35. The van der Waals surface area contributed by atoms with E-state index in [4.69, 9.17) is 9.94 Å². The van der Waals surface area contributed by atoms with Crippen LogP contribution in [0.15, 0.2) is 83.8 Å². The van der Waals surface area contributed by atoms with E-state index >= 15 is 0 Å². The molecule has 0 atom stereocenters. The van der Waals surface area contributed by atoms with Gasteiger partial charge in [0.25, 0.3) is 15.9 Å². The summed E-state index contributed by atoms with van der Waals surface area (Å²) in [6, 6.07) is 20.9. The summed E-state index contributed by atoms with van der Waals surface area (Å²) < 4.78 is 33.2. The van der Waals surface area contributed by atoms with E-state index in [-0.39, 0.29) is 16.1 Å². The minimum Gasteiger partial charge on any atom is -0.457 e. The summed E-state index contributed by atoms with van der Waals surface area (Å²) in [7, 11) is -3.93. The zero-order valence-electron chi connectivity index (χ0n) is 14.0. The maximum absolute atomic E-state index is 12.6. The highest BCUT2D eigenvalue weighted by Crippen LogP contribution is 2.24. The first-order valence-corrected chi connectivity index (χ1v) is 9.37. The van der Waals surface area contributed by atoms with Crippen LogP contribution >= 0.6 is 0 Å². The second kappa shape index (κ2) is 7.90. The first-order valence-electron chi connectivity index (χ1n) is 7.89. The maximum atomic E-state index is 12.6. The van der Waals surface area contributed by atoms with Crippen LogP contribution in [0.2, 0.25) is 0 Å². The molecule has 0 fully saturated rings. The molecule has 7 nitrogen and oxygen atoms in total. The van der Waals surface area contributed by atoms with Crippen LogP contribution in [0.5, 0.6) is 11.5 Å². The Morgan fingerprint density at radius 2 is 1.41 bits per heavy atom. The van der Waals surface area contributed by atoms with E-state index in [0.29, 0.717) is 11.5 Å². The van der Waals surface area contributed by atoms with Crippen LogP contribution in [-0.4, -0.2) is 19.5 Å². The topological polar surface area (TPSA) is 105 Å². The molecule has 0 spiro atoms. The van der Waals surface area contributed by atoms with Gasteiger partial charge in [-0.1, -0.05) is 30.3 Å². The van der Waals surface area contributed by atoms with Crippen LogP contribution in [0.3, 0.4) is 0 Å². The highest BCUT2D eigenvalue weighted by molar-refractivity contribution is 7.92. The van der Waals surface area contributed by atoms with Gasteiger partial charge in [-0.05, 0) is 48.5 Å². The predicted octanol–water partition coefficient (Wildman–Crippen LogP) is 3.40. The predicted molar refractivity (Wildman–Crippen MR) is 99.5 cm³/mol. The molecule has 0 saturated carbocycles. The molecular weight excluding hydrogens is 368 g/mol. The van der Waals surface area contributed by atoms with Gasteiger partial charge in [-0.15, -0.1) is 0 Å². The van der Waals surface area contributed by atoms with Crippen molar-refractivity contribution in [2.24, 2.45) is 0 Å². The van der Waals surface area contributed by atoms with Crippen LogP contribution in [0.1, 0.15) is 10.4 Å². The van der Waals surface area contributed by atoms with E-state index in [1.807, 2.05) is 18.2 Å². The van der Waals surface area contributed by atoms with Crippen LogP contribution < -0.4 is 14.9 Å². The Hall–Kier alpha value is -3.36. The second-order valence-corrected chi connectivity index (χ2v) is 7.16. The molecule has 0 aliphatic carbocycles. The lowest BCUT2D eigenvalue weighted by molar-refractivity contribution is 0.0707. The molecular formula is C19H16N2O5S. The summed E-state index contributed by atoms with van der Waals surface area (Å²) in [5.41, 5.74) is 1.53. The number of benzene rings is 3. The SMILES string of the molecule is O=C(NO)c1ccccc1NS(=O)(=O)c1ccc(Oc2ccccc2)cc1. The number of sulfonamides is 1. The molecule has 0 unspecified atom stereocenters. The van der Waals surface area contributed by atoms with Crippen LogP contribution in [0.25, 0.3) is 0 Å². The smallest absolute Gasteiger partial charge is 0.276 e. The highest BCUT2D eigenvalue weighted by atomic mass is 32.2. The number of carbonyl (C=O) groups is 1. The van der Waals surface area contributed by atoms with Crippen molar-refractivity contribution in [3.63, 3.8) is 0 Å². The Kier molecular flexibility index (Phi) is 5.39. The normalized spacial score (nSPS) is 10.9. The van der Waals surface area contributed by atoms with Crippen molar-refractivity contribution < 1.29 is 23.2 Å². The van der Waals surface area contributed by atoms with Gasteiger partial charge in [-0.2, -0.15) is 0 Å². The lowest BCUT2D eigenvalue weighted by Gasteiger charge is -2.12. The number of carbonyl (C=O) groups excluding carboxylic acids is 1. The van der Waals surface area contributed by atoms with Gasteiger partial charge in [-0.25, -0.2) is 13.9 Å². The second-order valence-electron chi connectivity index (χ2n) is 5.48. The van der Waals surface area contributed by atoms with Crippen LogP contribution in [-0.2, 0) is 10.0 Å². The van der Waals surface area contributed by atoms with Crippen molar-refractivity contribution in [2.75, 3.05) is 4.72 Å². The van der Waals surface area contributed by atoms with E-state index in [2.05, 4.69) is 4.72 Å². The number of para-hydroxylation sites is 2. The Bertz CT molecular complexity index is 1040. The van der Waals surface area contributed by atoms with Crippen molar-refractivity contribution in [1.29, 1.82) is 0 Å². The molecule has 8 heteroatoms. The number of nitrogens with one attached hydrogen (secondary N) is 2. The van der Waals surface area contributed by atoms with Gasteiger partial charge in [0.1, 0.15) is 11.5 Å². The van der Waals surface area contributed by atoms with Gasteiger partial charge >= 0.3 is 0 Å². The summed E-state index contributed by atoms with van der Waals surface area (Å²) in [6.07, 6.45) is 0. The standard InChI is InChI=1S/C19H16N2O5S/c22-19(20-23)17-8-4-5-9-18(17)21-27(24,25)16-12-10-15(11-13-16)26-14-6-2-1-3-7-14/h1-13,21,23H,(H,20,22). The number of hydroxylamine groups is 1. The average Bonchev–Trinajstić information content (AvgIpc) is 2.69. The van der Waals surface area contributed by atoms with E-state index in [0.717, 1.165) is 0 Å². The van der Waals surface area contributed by atoms with Gasteiger partial charge < -0.3 is 4.74 Å². The molecule has 0 bridgehead atoms. The third-order valence-electron chi connectivity index (χ3n) is 3.63. The van der Waals surface area contributed by atoms with E-state index in [9.17, 15) is 13.2 Å². The fraction of sp³-hybridized carbons (Fsp3) is 0. The minimum atomic E-state index is -3.93. The first-order chi connectivity index (χ1) is 13.0. The molecule has 3 aromatic carbocycles. The monoisotopic (exact) mass is 384 g/mol. The fourth-order valence-corrected chi connectivity index (χ4v) is 3.43. The molecule has 0 radical (unpaired) electrons. The summed E-state index contributed by atoms with van der Waals surface area (Å²) in [5, 5.41) is 8.79. The van der Waals surface area contributed by atoms with Gasteiger partial charge in [-0.3, -0.25) is 14.7 Å². The van der Waals surface area contributed by atoms with Crippen LogP contribution in [0, 0.1) is 0 Å². The molecule has 3 aromatic rings. The van der Waals surface area contributed by atoms with Crippen molar-refractivity contribution in [3.05, 3.63) is 84.4 Å². The van der Waals surface area contributed by atoms with Crippen LogP contribution in [0.4, 0.5) is 5.69 Å². The van der Waals surface area contributed by atoms with E-state index in [1.54, 1.807) is 24.3 Å². The summed E-state index contributed by atoms with van der Waals surface area (Å²) in [5.74, 6) is 0.301. The quantitative estimate of drug-likeness (QED) is 0.446. The highest BCUT2D eigenvalue weighted by Gasteiger charge is 2.18. The Balaban J connectivity index is 1.81. The Labute approximate surface area is 156 Å². The molecule has 0 saturated heterocycles. The zero-order valence-corrected chi connectivity index (χ0v) is 14.8. The number of rotatable bonds is 6. The molecule has 1 amide bonds. The average molecular weight is 384 g/mol. The summed E-state index contributed by atoms with van der Waals surface area (Å²) in [4.78, 5) is 11.7. The van der Waals surface area contributed by atoms with Crippen molar-refractivity contribution >= 4 is 21.6 Å². The van der Waals surface area contributed by atoms with Gasteiger partial charge in [0, 0.05) is 0 Å². The van der Waals surface area contributed by atoms with Gasteiger partial charge in [0.15, 0.2) is 0 Å². The molecule has 3 N–H and O–H groups in total. The first kappa shape index (κ1) is 18.4. The van der Waals surface area contributed by atoms with Crippen molar-refractivity contribution in [2.45, 2.75) is 4.90 Å². The Morgan fingerprint density at radius 3 is 2.07 bits per heavy atom. The lowest BCUT2D eigenvalue weighted by atomic mass is 10.2. The zero-order chi connectivity index (χ0) is 19.3. The van der Waals surface area contributed by atoms with E-state index < -0.39 is 15.9 Å². The Morgan fingerprint density at radius 1 is 0.815 bits per heavy atom. The summed E-state index contributed by atoms with van der Waals surface area (Å²) >= 11 is 0. The number of ether oxygens (including phenoxy) is 1. The molecule has 138 valence electrons. The van der Waals surface area contributed by atoms with Crippen molar-refractivity contribution in [3.8, 4) is 11.5 Å². The number of hydrogen-bond donors (Lipinski definition) is 3. The molecule has 0 aliphatic rings.